The number of hydrogen-bond acceptors (Lipinski definition) is 3. The molecule has 0 aliphatic carbocycles. The zero-order valence-corrected chi connectivity index (χ0v) is 15.2. The molecule has 4 rings (SSSR count). The van der Waals surface area contributed by atoms with Gasteiger partial charge in [-0.1, -0.05) is 19.1 Å². The Bertz CT molecular complexity index is 993. The third-order valence-electron chi connectivity index (χ3n) is 5.63. The Balaban J connectivity index is 2.17. The maximum absolute atomic E-state index is 9.80. The van der Waals surface area contributed by atoms with Gasteiger partial charge in [-0.15, -0.1) is 0 Å². The predicted molar refractivity (Wildman–Crippen MR) is 102 cm³/mol. The standard InChI is InChI=1S/C21H24N4/c1-4-16-15(3)17(13-22)20-23-18-10-5-6-11-19(18)25(20)21(16)24-12-8-7-9-14(24)2/h5-6,10-11,14H,4,7-9,12H2,1-3H3/t14-/m0/s1. The summed E-state index contributed by atoms with van der Waals surface area (Å²) in [7, 11) is 0. The third kappa shape index (κ3) is 2.30. The van der Waals surface area contributed by atoms with Gasteiger partial charge in [0.05, 0.1) is 16.6 Å². The van der Waals surface area contributed by atoms with Crippen molar-refractivity contribution in [2.24, 2.45) is 0 Å². The SMILES string of the molecule is CCc1c(C)c(C#N)c2nc3ccccc3n2c1N1CCCC[C@@H]1C. The molecule has 3 heterocycles. The molecule has 1 fully saturated rings. The Hall–Kier alpha value is -2.54. The van der Waals surface area contributed by atoms with Gasteiger partial charge in [-0.3, -0.25) is 4.40 Å². The summed E-state index contributed by atoms with van der Waals surface area (Å²) in [4.78, 5) is 7.36. The lowest BCUT2D eigenvalue weighted by Gasteiger charge is -2.37. The van der Waals surface area contributed by atoms with Gasteiger partial charge in [-0.2, -0.15) is 5.26 Å². The number of nitrogens with zero attached hydrogens (tertiary/aromatic N) is 4. The molecule has 1 aliphatic heterocycles. The molecule has 1 aliphatic rings. The lowest BCUT2D eigenvalue weighted by atomic mass is 9.98. The van der Waals surface area contributed by atoms with Gasteiger partial charge in [0.2, 0.25) is 0 Å². The lowest BCUT2D eigenvalue weighted by molar-refractivity contribution is 0.479. The summed E-state index contributed by atoms with van der Waals surface area (Å²) in [5.41, 5.74) is 5.92. The van der Waals surface area contributed by atoms with Crippen LogP contribution in [0.15, 0.2) is 24.3 Å². The van der Waals surface area contributed by atoms with Crippen LogP contribution in [-0.2, 0) is 6.42 Å². The van der Waals surface area contributed by atoms with Crippen molar-refractivity contribution in [3.8, 4) is 6.07 Å². The summed E-state index contributed by atoms with van der Waals surface area (Å²) in [6.07, 6.45) is 4.65. The van der Waals surface area contributed by atoms with Gasteiger partial charge in [0.15, 0.2) is 5.65 Å². The molecule has 4 nitrogen and oxygen atoms in total. The minimum Gasteiger partial charge on any atom is -0.355 e. The van der Waals surface area contributed by atoms with Gasteiger partial charge in [0, 0.05) is 12.6 Å². The highest BCUT2D eigenvalue weighted by molar-refractivity contribution is 5.86. The molecule has 128 valence electrons. The number of benzene rings is 1. The van der Waals surface area contributed by atoms with Gasteiger partial charge in [0.25, 0.3) is 0 Å². The fraction of sp³-hybridized carbons (Fsp3) is 0.429. The summed E-state index contributed by atoms with van der Waals surface area (Å²) >= 11 is 0. The maximum Gasteiger partial charge on any atom is 0.157 e. The summed E-state index contributed by atoms with van der Waals surface area (Å²) in [6.45, 7) is 7.65. The zero-order chi connectivity index (χ0) is 17.6. The average molecular weight is 332 g/mol. The van der Waals surface area contributed by atoms with E-state index in [4.69, 9.17) is 4.98 Å². The molecular weight excluding hydrogens is 308 g/mol. The zero-order valence-electron chi connectivity index (χ0n) is 15.2. The summed E-state index contributed by atoms with van der Waals surface area (Å²) in [5.74, 6) is 1.25. The highest BCUT2D eigenvalue weighted by Gasteiger charge is 2.27. The van der Waals surface area contributed by atoms with E-state index in [2.05, 4.69) is 48.3 Å². The van der Waals surface area contributed by atoms with E-state index >= 15 is 0 Å². The highest BCUT2D eigenvalue weighted by atomic mass is 15.3. The van der Waals surface area contributed by atoms with E-state index in [-0.39, 0.29) is 0 Å². The van der Waals surface area contributed by atoms with Crippen molar-refractivity contribution in [1.29, 1.82) is 5.26 Å². The van der Waals surface area contributed by atoms with E-state index in [9.17, 15) is 5.26 Å². The fourth-order valence-electron chi connectivity index (χ4n) is 4.30. The Morgan fingerprint density at radius 1 is 1.28 bits per heavy atom. The first-order chi connectivity index (χ1) is 12.2. The topological polar surface area (TPSA) is 44.3 Å². The molecule has 1 atom stereocenters. The maximum atomic E-state index is 9.80. The van der Waals surface area contributed by atoms with Crippen molar-refractivity contribution in [2.75, 3.05) is 11.4 Å². The van der Waals surface area contributed by atoms with Gasteiger partial charge >= 0.3 is 0 Å². The van der Waals surface area contributed by atoms with Gasteiger partial charge in [-0.25, -0.2) is 4.98 Å². The van der Waals surface area contributed by atoms with Crippen molar-refractivity contribution in [3.63, 3.8) is 0 Å². The predicted octanol–water partition coefficient (Wildman–Crippen LogP) is 4.61. The number of imidazole rings is 1. The van der Waals surface area contributed by atoms with Crippen LogP contribution in [0.3, 0.4) is 0 Å². The number of fused-ring (bicyclic) bond motifs is 3. The van der Waals surface area contributed by atoms with E-state index in [0.29, 0.717) is 11.6 Å². The molecule has 0 N–H and O–H groups in total. The van der Waals surface area contributed by atoms with Crippen LogP contribution in [0.1, 0.15) is 49.8 Å². The average Bonchev–Trinajstić information content (AvgIpc) is 3.00. The quantitative estimate of drug-likeness (QED) is 0.688. The number of nitriles is 1. The molecule has 0 amide bonds. The van der Waals surface area contributed by atoms with Crippen LogP contribution < -0.4 is 4.90 Å². The third-order valence-corrected chi connectivity index (χ3v) is 5.63. The van der Waals surface area contributed by atoms with Gasteiger partial charge in [-0.05, 0) is 62.8 Å². The molecule has 25 heavy (non-hydrogen) atoms. The summed E-state index contributed by atoms with van der Waals surface area (Å²) in [6, 6.07) is 11.1. The van der Waals surface area contributed by atoms with E-state index < -0.39 is 0 Å². The Kier molecular flexibility index (Phi) is 3.88. The number of rotatable bonds is 2. The molecule has 3 aromatic rings. The van der Waals surface area contributed by atoms with Crippen molar-refractivity contribution >= 4 is 22.5 Å². The normalized spacial score (nSPS) is 18.0. The summed E-state index contributed by atoms with van der Waals surface area (Å²) < 4.78 is 2.24. The fourth-order valence-corrected chi connectivity index (χ4v) is 4.30. The second-order valence-corrected chi connectivity index (χ2v) is 7.07. The van der Waals surface area contributed by atoms with Crippen LogP contribution in [-0.4, -0.2) is 22.0 Å². The van der Waals surface area contributed by atoms with Gasteiger partial charge < -0.3 is 4.90 Å². The molecule has 0 bridgehead atoms. The van der Waals surface area contributed by atoms with E-state index in [1.54, 1.807) is 0 Å². The second-order valence-electron chi connectivity index (χ2n) is 7.07. The molecule has 2 aromatic heterocycles. The molecule has 4 heteroatoms. The molecule has 1 aromatic carbocycles. The number of pyridine rings is 1. The van der Waals surface area contributed by atoms with Crippen LogP contribution in [0, 0.1) is 18.3 Å². The Morgan fingerprint density at radius 3 is 2.80 bits per heavy atom. The molecule has 0 unspecified atom stereocenters. The van der Waals surface area contributed by atoms with Crippen LogP contribution in [0.5, 0.6) is 0 Å². The first-order valence-electron chi connectivity index (χ1n) is 9.26. The van der Waals surface area contributed by atoms with Gasteiger partial charge in [0.1, 0.15) is 11.9 Å². The minimum atomic E-state index is 0.510. The monoisotopic (exact) mass is 332 g/mol. The van der Waals surface area contributed by atoms with Crippen molar-refractivity contribution in [1.82, 2.24) is 9.38 Å². The van der Waals surface area contributed by atoms with Crippen LogP contribution in [0.25, 0.3) is 16.7 Å². The number of aromatic nitrogens is 2. The summed E-state index contributed by atoms with van der Waals surface area (Å²) in [5, 5.41) is 9.80. The number of para-hydroxylation sites is 2. The molecule has 1 saturated heterocycles. The number of piperidine rings is 1. The van der Waals surface area contributed by atoms with Crippen LogP contribution in [0.2, 0.25) is 0 Å². The van der Waals surface area contributed by atoms with E-state index in [1.165, 1.54) is 30.6 Å². The smallest absolute Gasteiger partial charge is 0.157 e. The molecule has 0 spiro atoms. The van der Waals surface area contributed by atoms with E-state index in [1.807, 2.05) is 12.1 Å². The first-order valence-corrected chi connectivity index (χ1v) is 9.26. The largest absolute Gasteiger partial charge is 0.355 e. The van der Waals surface area contributed by atoms with Crippen LogP contribution >= 0.6 is 0 Å². The molecular formula is C21H24N4. The van der Waals surface area contributed by atoms with Crippen molar-refractivity contribution < 1.29 is 0 Å². The van der Waals surface area contributed by atoms with Crippen LogP contribution in [0.4, 0.5) is 5.82 Å². The van der Waals surface area contributed by atoms with E-state index in [0.717, 1.165) is 35.2 Å². The Labute approximate surface area is 148 Å². The van der Waals surface area contributed by atoms with Crippen molar-refractivity contribution in [2.45, 2.75) is 52.5 Å². The highest BCUT2D eigenvalue weighted by Crippen LogP contribution is 2.36. The number of hydrogen-bond donors (Lipinski definition) is 0. The second kappa shape index (κ2) is 6.07. The minimum absolute atomic E-state index is 0.510. The lowest BCUT2D eigenvalue weighted by Crippen LogP contribution is -2.39. The number of anilines is 1. The van der Waals surface area contributed by atoms with Crippen molar-refractivity contribution in [3.05, 3.63) is 41.0 Å². The molecule has 0 saturated carbocycles. The first kappa shape index (κ1) is 16.0. The Morgan fingerprint density at radius 2 is 2.08 bits per heavy atom. The molecule has 0 radical (unpaired) electrons.